The number of hydrogen-bond acceptors (Lipinski definition) is 4. The summed E-state index contributed by atoms with van der Waals surface area (Å²) in [7, 11) is 0. The van der Waals surface area contributed by atoms with Crippen LogP contribution in [0.3, 0.4) is 0 Å². The SMILES string of the molecule is O=C(NCCNC(=O)c1ccccc1[O-])c1ccccc1[O-].[K+].[K+]. The van der Waals surface area contributed by atoms with Gasteiger partial charge in [-0.25, -0.2) is 0 Å². The maximum atomic E-state index is 11.8. The van der Waals surface area contributed by atoms with Gasteiger partial charge in [-0.15, -0.1) is 0 Å². The summed E-state index contributed by atoms with van der Waals surface area (Å²) in [6.45, 7) is 0.305. The van der Waals surface area contributed by atoms with Crippen LogP contribution in [0, 0.1) is 0 Å². The van der Waals surface area contributed by atoms with Crippen LogP contribution in [0.5, 0.6) is 11.5 Å². The van der Waals surface area contributed by atoms with E-state index in [1.54, 1.807) is 24.3 Å². The first-order chi connectivity index (χ1) is 10.6. The maximum Gasteiger partial charge on any atom is 1.00 e. The average molecular weight is 376 g/mol. The smallest absolute Gasteiger partial charge is 0.872 e. The molecular formula is C16H14K2N2O4. The molecule has 0 aliphatic carbocycles. The second kappa shape index (κ2) is 12.6. The summed E-state index contributed by atoms with van der Waals surface area (Å²) >= 11 is 0. The van der Waals surface area contributed by atoms with Crippen LogP contribution in [0.1, 0.15) is 20.7 Å². The summed E-state index contributed by atoms with van der Waals surface area (Å²) in [5.74, 6) is -1.71. The Labute approximate surface area is 225 Å². The molecule has 0 spiro atoms. The van der Waals surface area contributed by atoms with Gasteiger partial charge >= 0.3 is 103 Å². The van der Waals surface area contributed by atoms with Crippen LogP contribution in [0.25, 0.3) is 0 Å². The number of benzene rings is 2. The molecule has 0 bridgehead atoms. The Hall–Kier alpha value is 0.253. The third-order valence-electron chi connectivity index (χ3n) is 2.96. The summed E-state index contributed by atoms with van der Waals surface area (Å²) in [5, 5.41) is 28.0. The van der Waals surface area contributed by atoms with Crippen molar-refractivity contribution in [2.75, 3.05) is 13.1 Å². The molecule has 2 amide bonds. The van der Waals surface area contributed by atoms with Crippen molar-refractivity contribution < 1.29 is 123 Å². The van der Waals surface area contributed by atoms with E-state index in [4.69, 9.17) is 0 Å². The fourth-order valence-electron chi connectivity index (χ4n) is 1.85. The standard InChI is InChI=1S/C16H16N2O4.2K/c19-13-7-3-1-5-11(13)15(21)17-9-10-18-16(22)12-6-2-4-8-14(12)20;;/h1-8,19-20H,9-10H2,(H,17,21)(H,18,22);;/q;2*+1/p-2. The van der Waals surface area contributed by atoms with Crippen LogP contribution in [-0.4, -0.2) is 24.9 Å². The second-order valence-corrected chi connectivity index (χ2v) is 4.50. The van der Waals surface area contributed by atoms with E-state index >= 15 is 0 Å². The molecule has 0 saturated carbocycles. The zero-order valence-electron chi connectivity index (χ0n) is 13.7. The van der Waals surface area contributed by atoms with E-state index in [1.807, 2.05) is 0 Å². The van der Waals surface area contributed by atoms with Crippen molar-refractivity contribution in [1.29, 1.82) is 0 Å². The van der Waals surface area contributed by atoms with E-state index in [9.17, 15) is 19.8 Å². The van der Waals surface area contributed by atoms with Gasteiger partial charge in [0, 0.05) is 24.2 Å². The van der Waals surface area contributed by atoms with Crippen molar-refractivity contribution >= 4 is 11.8 Å². The number of para-hydroxylation sites is 2. The molecular weight excluding hydrogens is 362 g/mol. The third-order valence-corrected chi connectivity index (χ3v) is 2.96. The molecule has 8 heteroatoms. The van der Waals surface area contributed by atoms with E-state index < -0.39 is 11.8 Å². The molecule has 0 radical (unpaired) electrons. The molecule has 0 aliphatic rings. The molecule has 114 valence electrons. The summed E-state index contributed by atoms with van der Waals surface area (Å²) in [6.07, 6.45) is 0. The quantitative estimate of drug-likeness (QED) is 0.400. The van der Waals surface area contributed by atoms with Gasteiger partial charge in [-0.05, 0) is 0 Å². The van der Waals surface area contributed by atoms with Crippen LogP contribution in [0.15, 0.2) is 48.5 Å². The summed E-state index contributed by atoms with van der Waals surface area (Å²) in [4.78, 5) is 23.5. The first kappa shape index (κ1) is 24.3. The molecule has 0 heterocycles. The van der Waals surface area contributed by atoms with Gasteiger partial charge in [0.2, 0.25) is 0 Å². The fraction of sp³-hybridized carbons (Fsp3) is 0.125. The molecule has 0 fully saturated rings. The van der Waals surface area contributed by atoms with E-state index in [2.05, 4.69) is 10.6 Å². The monoisotopic (exact) mass is 376 g/mol. The van der Waals surface area contributed by atoms with Crippen LogP contribution < -0.4 is 124 Å². The third kappa shape index (κ3) is 7.24. The van der Waals surface area contributed by atoms with Crippen molar-refractivity contribution in [1.82, 2.24) is 10.6 Å². The van der Waals surface area contributed by atoms with Gasteiger partial charge < -0.3 is 20.8 Å². The van der Waals surface area contributed by atoms with Crippen LogP contribution >= 0.6 is 0 Å². The number of hydrogen-bond donors (Lipinski definition) is 2. The minimum Gasteiger partial charge on any atom is -0.872 e. The Bertz CT molecular complexity index is 636. The topological polar surface area (TPSA) is 104 Å². The fourth-order valence-corrected chi connectivity index (χ4v) is 1.85. The van der Waals surface area contributed by atoms with Crippen LogP contribution in [0.4, 0.5) is 0 Å². The van der Waals surface area contributed by atoms with Gasteiger partial charge in [-0.2, -0.15) is 0 Å². The van der Waals surface area contributed by atoms with Gasteiger partial charge in [0.25, 0.3) is 11.8 Å². The minimum atomic E-state index is -0.496. The molecule has 24 heavy (non-hydrogen) atoms. The number of rotatable bonds is 5. The zero-order valence-corrected chi connectivity index (χ0v) is 19.9. The summed E-state index contributed by atoms with van der Waals surface area (Å²) in [6, 6.07) is 11.8. The van der Waals surface area contributed by atoms with Gasteiger partial charge in [0.05, 0.1) is 0 Å². The molecule has 2 aromatic rings. The molecule has 2 rings (SSSR count). The Morgan fingerprint density at radius 3 is 1.38 bits per heavy atom. The first-order valence-electron chi connectivity index (χ1n) is 6.68. The Kier molecular flexibility index (Phi) is 12.7. The second-order valence-electron chi connectivity index (χ2n) is 4.50. The van der Waals surface area contributed by atoms with Crippen LogP contribution in [-0.2, 0) is 0 Å². The zero-order chi connectivity index (χ0) is 15.9. The van der Waals surface area contributed by atoms with Crippen LogP contribution in [0.2, 0.25) is 0 Å². The van der Waals surface area contributed by atoms with Crippen molar-refractivity contribution in [2.24, 2.45) is 0 Å². The van der Waals surface area contributed by atoms with E-state index in [0.717, 1.165) is 0 Å². The minimum absolute atomic E-state index is 0. The number of carbonyl (C=O) groups excluding carboxylic acids is 2. The Balaban J connectivity index is 0.00000264. The van der Waals surface area contributed by atoms with Crippen molar-refractivity contribution in [3.8, 4) is 11.5 Å². The van der Waals surface area contributed by atoms with E-state index in [0.29, 0.717) is 0 Å². The molecule has 0 saturated heterocycles. The predicted octanol–water partition coefficient (Wildman–Crippen LogP) is -6.00. The van der Waals surface area contributed by atoms with Gasteiger partial charge in [-0.1, -0.05) is 60.0 Å². The molecule has 2 aromatic carbocycles. The van der Waals surface area contributed by atoms with Crippen molar-refractivity contribution in [3.05, 3.63) is 59.7 Å². The summed E-state index contributed by atoms with van der Waals surface area (Å²) in [5.41, 5.74) is 0.109. The van der Waals surface area contributed by atoms with Gasteiger partial charge in [0.1, 0.15) is 0 Å². The van der Waals surface area contributed by atoms with E-state index in [-0.39, 0.29) is 138 Å². The number of carbonyl (C=O) groups is 2. The molecule has 2 N–H and O–H groups in total. The predicted molar refractivity (Wildman–Crippen MR) is 76.4 cm³/mol. The summed E-state index contributed by atoms with van der Waals surface area (Å²) < 4.78 is 0. The Morgan fingerprint density at radius 2 is 1.04 bits per heavy atom. The molecule has 6 nitrogen and oxygen atoms in total. The molecule has 0 atom stereocenters. The Morgan fingerprint density at radius 1 is 0.708 bits per heavy atom. The number of nitrogens with one attached hydrogen (secondary N) is 2. The maximum absolute atomic E-state index is 11.8. The van der Waals surface area contributed by atoms with E-state index in [1.165, 1.54) is 24.3 Å². The first-order valence-corrected chi connectivity index (χ1v) is 6.68. The largest absolute Gasteiger partial charge is 1.00 e. The average Bonchev–Trinajstić information content (AvgIpc) is 2.52. The van der Waals surface area contributed by atoms with Crippen molar-refractivity contribution in [3.63, 3.8) is 0 Å². The normalized spacial score (nSPS) is 9.17. The molecule has 0 unspecified atom stereocenters. The number of amides is 2. The molecule has 0 aliphatic heterocycles. The molecule has 0 aromatic heterocycles. The van der Waals surface area contributed by atoms with Gasteiger partial charge in [0.15, 0.2) is 0 Å². The van der Waals surface area contributed by atoms with Crippen molar-refractivity contribution in [2.45, 2.75) is 0 Å². The van der Waals surface area contributed by atoms with Gasteiger partial charge in [-0.3, -0.25) is 9.59 Å².